The van der Waals surface area contributed by atoms with Crippen LogP contribution >= 0.6 is 0 Å². The van der Waals surface area contributed by atoms with Gasteiger partial charge in [-0.15, -0.1) is 0 Å². The quantitative estimate of drug-likeness (QED) is 0.0148. The number of benzene rings is 2. The number of amides is 8. The molecule has 30 N–H and O–H groups in total. The molecule has 3 rings (SSSR count). The molecule has 34 heteroatoms. The van der Waals surface area contributed by atoms with E-state index in [1.807, 2.05) is 0 Å². The van der Waals surface area contributed by atoms with Gasteiger partial charge in [0.2, 0.25) is 35.4 Å². The van der Waals surface area contributed by atoms with Crippen molar-refractivity contribution in [1.82, 2.24) is 47.3 Å². The first kappa shape index (κ1) is 64.2. The van der Waals surface area contributed by atoms with Gasteiger partial charge in [-0.1, -0.05) is 0 Å². The van der Waals surface area contributed by atoms with Crippen molar-refractivity contribution in [1.29, 1.82) is 0 Å². The second-order valence-corrected chi connectivity index (χ2v) is 17.8. The van der Waals surface area contributed by atoms with Crippen molar-refractivity contribution < 1.29 is 38.4 Å². The molecule has 2 aromatic carbocycles. The van der Waals surface area contributed by atoms with Crippen LogP contribution in [0.5, 0.6) is 0 Å². The highest BCUT2D eigenvalue weighted by Gasteiger charge is 2.32. The third kappa shape index (κ3) is 24.7. The summed E-state index contributed by atoms with van der Waals surface area (Å²) in [6.07, 6.45) is 0.462. The number of hydrogen-bond donors (Lipinski definition) is 19. The summed E-state index contributed by atoms with van der Waals surface area (Å²) in [5.74, 6) is -7.31. The first-order valence-electron chi connectivity index (χ1n) is 25.1. The normalized spacial score (nSPS) is 12.5. The molecule has 1 aromatic heterocycles. The highest BCUT2D eigenvalue weighted by molar-refractivity contribution is 6.06. The number of nitrogens with two attached hydrogens (primary N) is 11. The minimum Gasteiger partial charge on any atom is -0.370 e. The Hall–Kier alpha value is -10.1. The van der Waals surface area contributed by atoms with Crippen molar-refractivity contribution in [3.8, 4) is 0 Å². The van der Waals surface area contributed by atoms with Gasteiger partial charge in [-0.05, 0) is 107 Å². The Balaban J connectivity index is 1.84. The molecule has 0 aliphatic heterocycles. The highest BCUT2D eigenvalue weighted by Crippen LogP contribution is 2.15. The maximum atomic E-state index is 14.4. The molecule has 0 saturated heterocycles. The number of anilines is 1. The lowest BCUT2D eigenvalue weighted by molar-refractivity contribution is -0.135. The second-order valence-electron chi connectivity index (χ2n) is 17.8. The van der Waals surface area contributed by atoms with Crippen molar-refractivity contribution in [2.24, 2.45) is 88.0 Å². The standard InChI is InChI=1S/C46H74N26O8/c47-35(74)28(6-1-17-58-42(48)49)66-39(78)30(8-3-19-60-44(52)53)68-41(80)32(10-5-21-62-46(56)57)69-40(79)31(9-4-20-61-45(54)55)67-38(77)29(7-2-18-59-43(50)51)65-34(73)23-63-36(75)24-11-14-26(15-12-24)64-37(76)25-13-16-27-33(22-25)71-72-70-27/h11-16,22,28-32H,1-10,17-21,23H2,(H2,47,74)(H,63,75)(H,64,76)(H,65,73)(H,66,78)(H,67,77)(H,68,80)(H,69,79)(H4,48,49,58)(H4,50,51,59)(H4,52,53,60)(H4,54,55,61)(H4,56,57,62)(H,70,71,72)/t28-,29-,30-,31-,32-/m0/s1. The molecule has 0 unspecified atom stereocenters. The molecule has 3 aromatic rings. The fraction of sp³-hybridized carbons (Fsp3) is 0.457. The fourth-order valence-corrected chi connectivity index (χ4v) is 7.37. The molecule has 5 atom stereocenters. The van der Waals surface area contributed by atoms with Crippen molar-refractivity contribution >= 4 is 93.8 Å². The van der Waals surface area contributed by atoms with Crippen LogP contribution in [0.4, 0.5) is 5.69 Å². The van der Waals surface area contributed by atoms with E-state index >= 15 is 0 Å². The summed E-state index contributed by atoms with van der Waals surface area (Å²) in [4.78, 5) is 128. The van der Waals surface area contributed by atoms with Gasteiger partial charge in [-0.3, -0.25) is 63.3 Å². The Morgan fingerprint density at radius 1 is 0.425 bits per heavy atom. The number of hydrogen-bond acceptors (Lipinski definition) is 15. The van der Waals surface area contributed by atoms with Gasteiger partial charge in [0, 0.05) is 49.5 Å². The van der Waals surface area contributed by atoms with Crippen molar-refractivity contribution in [2.75, 3.05) is 44.6 Å². The van der Waals surface area contributed by atoms with Crippen LogP contribution in [0.15, 0.2) is 67.4 Å². The number of nitrogens with zero attached hydrogens (tertiary/aromatic N) is 7. The summed E-state index contributed by atoms with van der Waals surface area (Å²) in [6.45, 7) is -0.358. The van der Waals surface area contributed by atoms with Gasteiger partial charge in [0.25, 0.3) is 11.8 Å². The van der Waals surface area contributed by atoms with Gasteiger partial charge in [-0.2, -0.15) is 15.4 Å². The molecule has 436 valence electrons. The Kier molecular flexibility index (Phi) is 27.2. The average Bonchev–Trinajstić information content (AvgIpc) is 3.88. The average molecular weight is 1120 g/mol. The topological polar surface area (TPSA) is 610 Å². The Morgan fingerprint density at radius 2 is 0.775 bits per heavy atom. The number of nitrogens with one attached hydrogen (secondary N) is 8. The third-order valence-electron chi connectivity index (χ3n) is 11.3. The predicted molar refractivity (Wildman–Crippen MR) is 299 cm³/mol. The number of aromatic amines is 1. The molecule has 8 amide bonds. The fourth-order valence-electron chi connectivity index (χ4n) is 7.37. The third-order valence-corrected chi connectivity index (χ3v) is 11.3. The lowest BCUT2D eigenvalue weighted by Gasteiger charge is -2.27. The molecule has 0 spiro atoms. The largest absolute Gasteiger partial charge is 0.370 e. The molecular weight excluding hydrogens is 1040 g/mol. The minimum atomic E-state index is -1.42. The van der Waals surface area contributed by atoms with E-state index in [0.29, 0.717) is 22.3 Å². The maximum Gasteiger partial charge on any atom is 0.255 e. The molecule has 0 bridgehead atoms. The van der Waals surface area contributed by atoms with Crippen LogP contribution in [0.2, 0.25) is 0 Å². The van der Waals surface area contributed by atoms with E-state index in [0.717, 1.165) is 0 Å². The van der Waals surface area contributed by atoms with E-state index in [1.54, 1.807) is 18.2 Å². The van der Waals surface area contributed by atoms with E-state index in [2.05, 4.69) is 77.6 Å². The van der Waals surface area contributed by atoms with E-state index in [4.69, 9.17) is 63.1 Å². The van der Waals surface area contributed by atoms with Crippen LogP contribution in [0.1, 0.15) is 84.9 Å². The van der Waals surface area contributed by atoms with E-state index in [1.165, 1.54) is 24.3 Å². The second kappa shape index (κ2) is 33.9. The zero-order valence-corrected chi connectivity index (χ0v) is 44.0. The van der Waals surface area contributed by atoms with Crippen molar-refractivity contribution in [2.45, 2.75) is 94.4 Å². The number of rotatable bonds is 35. The molecule has 0 aliphatic carbocycles. The number of guanidine groups is 5. The number of fused-ring (bicyclic) bond motifs is 1. The Bertz CT molecular complexity index is 2720. The van der Waals surface area contributed by atoms with Gasteiger partial charge in [0.05, 0.1) is 6.54 Å². The van der Waals surface area contributed by atoms with Crippen LogP contribution in [-0.2, 0) is 28.8 Å². The number of aliphatic imine (C=N–C) groups is 5. The molecule has 0 aliphatic rings. The first-order valence-corrected chi connectivity index (χ1v) is 25.1. The zero-order valence-electron chi connectivity index (χ0n) is 44.0. The van der Waals surface area contributed by atoms with E-state index < -0.39 is 84.0 Å². The number of aromatic nitrogens is 3. The lowest BCUT2D eigenvalue weighted by atomic mass is 10.0. The zero-order chi connectivity index (χ0) is 59.1. The van der Waals surface area contributed by atoms with Gasteiger partial charge in [0.1, 0.15) is 41.2 Å². The van der Waals surface area contributed by atoms with E-state index in [9.17, 15) is 38.4 Å². The molecular formula is C46H74N26O8. The van der Waals surface area contributed by atoms with Crippen LogP contribution < -0.4 is 100 Å². The number of carbonyl (C=O) groups is 8. The maximum absolute atomic E-state index is 14.4. The SMILES string of the molecule is NC(=O)[C@H](CCCN=C(N)N)NC(=O)[C@H](CCCN=C(N)N)NC(=O)[C@H](CCCN=C(N)N)NC(=O)[C@H](CCCN=C(N)N)NC(=O)[C@H](CCCN=C(N)N)NC(=O)CNC(=O)c1ccc(NC(=O)c2ccc3n[nH]nc3c2)cc1. The van der Waals surface area contributed by atoms with Crippen LogP contribution in [0, 0.1) is 0 Å². The molecule has 80 heavy (non-hydrogen) atoms. The van der Waals surface area contributed by atoms with Crippen LogP contribution in [0.3, 0.4) is 0 Å². The van der Waals surface area contributed by atoms with Gasteiger partial charge in [0.15, 0.2) is 29.8 Å². The number of H-pyrrole nitrogens is 1. The number of carbonyl (C=O) groups excluding carboxylic acids is 8. The minimum absolute atomic E-state index is 0.0125. The van der Waals surface area contributed by atoms with Crippen molar-refractivity contribution in [3.05, 3.63) is 53.6 Å². The van der Waals surface area contributed by atoms with Crippen LogP contribution in [-0.4, -0.2) is 162 Å². The highest BCUT2D eigenvalue weighted by atomic mass is 16.2. The molecule has 0 fully saturated rings. The summed E-state index contributed by atoms with van der Waals surface area (Å²) >= 11 is 0. The smallest absolute Gasteiger partial charge is 0.255 e. The van der Waals surface area contributed by atoms with Gasteiger partial charge in [-0.25, -0.2) is 0 Å². The van der Waals surface area contributed by atoms with Gasteiger partial charge < -0.3 is 100 Å². The molecule has 1 heterocycles. The lowest BCUT2D eigenvalue weighted by Crippen LogP contribution is -2.59. The number of primary amides is 1. The summed E-state index contributed by atoms with van der Waals surface area (Å²) < 4.78 is 0. The summed E-state index contributed by atoms with van der Waals surface area (Å²) in [5.41, 5.74) is 62.3. The van der Waals surface area contributed by atoms with Gasteiger partial charge >= 0.3 is 0 Å². The van der Waals surface area contributed by atoms with Crippen molar-refractivity contribution in [3.63, 3.8) is 0 Å². The van der Waals surface area contributed by atoms with Crippen LogP contribution in [0.25, 0.3) is 11.0 Å². The molecule has 34 nitrogen and oxygen atoms in total. The Labute approximate surface area is 459 Å². The molecule has 0 saturated carbocycles. The summed E-state index contributed by atoms with van der Waals surface area (Å²) in [7, 11) is 0. The Morgan fingerprint density at radius 3 is 1.16 bits per heavy atom. The molecule has 0 radical (unpaired) electrons. The summed E-state index contributed by atoms with van der Waals surface area (Å²) in [6, 6.07) is 3.89. The monoisotopic (exact) mass is 1120 g/mol. The summed E-state index contributed by atoms with van der Waals surface area (Å²) in [5, 5.41) is 28.7. The predicted octanol–water partition coefficient (Wildman–Crippen LogP) is -6.88. The van der Waals surface area contributed by atoms with E-state index in [-0.39, 0.29) is 132 Å². The first-order chi connectivity index (χ1) is 38.0.